The topological polar surface area (TPSA) is 75.7 Å². The maximum atomic E-state index is 12.4. The Morgan fingerprint density at radius 3 is 2.40 bits per heavy atom. The Hall–Kier alpha value is -2.38. The Morgan fingerprint density at radius 2 is 1.76 bits per heavy atom. The highest BCUT2D eigenvalue weighted by Crippen LogP contribution is 2.20. The number of ether oxygens (including phenoxy) is 1. The molecule has 6 nitrogen and oxygen atoms in total. The summed E-state index contributed by atoms with van der Waals surface area (Å²) in [5.74, 6) is 0.259. The van der Waals surface area contributed by atoms with Crippen LogP contribution in [-0.4, -0.2) is 38.8 Å². The van der Waals surface area contributed by atoms with Gasteiger partial charge >= 0.3 is 0 Å². The van der Waals surface area contributed by atoms with Crippen molar-refractivity contribution in [2.24, 2.45) is 0 Å². The van der Waals surface area contributed by atoms with Gasteiger partial charge in [-0.25, -0.2) is 12.7 Å². The van der Waals surface area contributed by atoms with E-state index in [2.05, 4.69) is 5.32 Å². The van der Waals surface area contributed by atoms with Gasteiger partial charge in [-0.3, -0.25) is 4.79 Å². The molecule has 0 aromatic heterocycles. The predicted octanol–water partition coefficient (Wildman–Crippen LogP) is 2.98. The van der Waals surface area contributed by atoms with E-state index in [-0.39, 0.29) is 16.6 Å². The summed E-state index contributed by atoms with van der Waals surface area (Å²) in [6.07, 6.45) is 0.0267. The molecule has 25 heavy (non-hydrogen) atoms. The first kappa shape index (κ1) is 19.0. The van der Waals surface area contributed by atoms with Crippen LogP contribution in [0.25, 0.3) is 0 Å². The van der Waals surface area contributed by atoms with Gasteiger partial charge in [0.2, 0.25) is 10.0 Å². The number of sulfonamides is 1. The third-order valence-electron chi connectivity index (χ3n) is 3.34. The van der Waals surface area contributed by atoms with Crippen molar-refractivity contribution in [2.45, 2.75) is 24.8 Å². The zero-order valence-corrected chi connectivity index (χ0v) is 15.5. The quantitative estimate of drug-likeness (QED) is 0.857. The van der Waals surface area contributed by atoms with Crippen molar-refractivity contribution < 1.29 is 17.9 Å². The van der Waals surface area contributed by atoms with Gasteiger partial charge in [0.25, 0.3) is 5.91 Å². The zero-order chi connectivity index (χ0) is 18.6. The van der Waals surface area contributed by atoms with Crippen molar-refractivity contribution in [1.29, 1.82) is 0 Å². The van der Waals surface area contributed by atoms with E-state index in [1.165, 1.54) is 26.2 Å². The number of carbonyl (C=O) groups is 1. The maximum Gasteiger partial charge on any atom is 0.255 e. The standard InChI is InChI=1S/C18H22N2O4S/c1-13(2)24-16-9-6-8-15(12-16)19-18(21)14-7-5-10-17(11-14)25(22,23)20(3)4/h5-13H,1-4H3,(H,19,21). The van der Waals surface area contributed by atoms with Crippen LogP contribution in [0.4, 0.5) is 5.69 Å². The Kier molecular flexibility index (Phi) is 5.81. The molecule has 7 heteroatoms. The highest BCUT2D eigenvalue weighted by atomic mass is 32.2. The minimum atomic E-state index is -3.59. The number of rotatable bonds is 6. The molecule has 2 aromatic carbocycles. The molecule has 134 valence electrons. The van der Waals surface area contributed by atoms with Crippen LogP contribution in [-0.2, 0) is 10.0 Å². The molecule has 0 radical (unpaired) electrons. The van der Waals surface area contributed by atoms with Gasteiger partial charge in [-0.1, -0.05) is 12.1 Å². The lowest BCUT2D eigenvalue weighted by Crippen LogP contribution is -2.22. The number of carbonyl (C=O) groups excluding carboxylic acids is 1. The van der Waals surface area contributed by atoms with Crippen molar-refractivity contribution in [3.05, 3.63) is 54.1 Å². The van der Waals surface area contributed by atoms with E-state index in [4.69, 9.17) is 4.74 Å². The van der Waals surface area contributed by atoms with Crippen molar-refractivity contribution >= 4 is 21.6 Å². The molecule has 1 amide bonds. The van der Waals surface area contributed by atoms with Gasteiger partial charge in [-0.05, 0) is 44.2 Å². The summed E-state index contributed by atoms with van der Waals surface area (Å²) in [7, 11) is -0.699. The minimum Gasteiger partial charge on any atom is -0.491 e. The number of hydrogen-bond donors (Lipinski definition) is 1. The minimum absolute atomic E-state index is 0.0267. The van der Waals surface area contributed by atoms with Gasteiger partial charge in [-0.2, -0.15) is 0 Å². The summed E-state index contributed by atoms with van der Waals surface area (Å²) < 4.78 is 31.1. The highest BCUT2D eigenvalue weighted by molar-refractivity contribution is 7.89. The van der Waals surface area contributed by atoms with Crippen molar-refractivity contribution in [3.63, 3.8) is 0 Å². The second-order valence-corrected chi connectivity index (χ2v) is 8.12. The van der Waals surface area contributed by atoms with Gasteiger partial charge in [0.1, 0.15) is 5.75 Å². The molecule has 0 saturated heterocycles. The van der Waals surface area contributed by atoms with Gasteiger partial charge in [0.15, 0.2) is 0 Å². The van der Waals surface area contributed by atoms with E-state index in [0.717, 1.165) is 4.31 Å². The summed E-state index contributed by atoms with van der Waals surface area (Å²) in [6, 6.07) is 13.0. The smallest absolute Gasteiger partial charge is 0.255 e. The van der Waals surface area contributed by atoms with Crippen LogP contribution in [0, 0.1) is 0 Å². The molecule has 0 atom stereocenters. The van der Waals surface area contributed by atoms with Crippen LogP contribution in [0.3, 0.4) is 0 Å². The molecule has 0 fully saturated rings. The number of anilines is 1. The summed E-state index contributed by atoms with van der Waals surface area (Å²) in [5.41, 5.74) is 0.835. The van der Waals surface area contributed by atoms with Crippen LogP contribution in [0.1, 0.15) is 24.2 Å². The van der Waals surface area contributed by atoms with Gasteiger partial charge < -0.3 is 10.1 Å². The molecule has 0 heterocycles. The first-order chi connectivity index (χ1) is 11.7. The van der Waals surface area contributed by atoms with Gasteiger partial charge in [-0.15, -0.1) is 0 Å². The van der Waals surface area contributed by atoms with Crippen LogP contribution in [0.15, 0.2) is 53.4 Å². The van der Waals surface area contributed by atoms with E-state index in [9.17, 15) is 13.2 Å². The fraction of sp³-hybridized carbons (Fsp3) is 0.278. The third-order valence-corrected chi connectivity index (χ3v) is 5.15. The van der Waals surface area contributed by atoms with E-state index >= 15 is 0 Å². The summed E-state index contributed by atoms with van der Waals surface area (Å²) in [5, 5.41) is 2.75. The van der Waals surface area contributed by atoms with E-state index in [1.54, 1.807) is 36.4 Å². The predicted molar refractivity (Wildman–Crippen MR) is 97.5 cm³/mol. The van der Waals surface area contributed by atoms with E-state index in [1.807, 2.05) is 13.8 Å². The van der Waals surface area contributed by atoms with Gasteiger partial charge in [0, 0.05) is 31.4 Å². The molecular weight excluding hydrogens is 340 g/mol. The molecule has 0 aliphatic rings. The number of nitrogens with zero attached hydrogens (tertiary/aromatic N) is 1. The number of amides is 1. The number of nitrogens with one attached hydrogen (secondary N) is 1. The first-order valence-electron chi connectivity index (χ1n) is 7.81. The monoisotopic (exact) mass is 362 g/mol. The molecule has 0 bridgehead atoms. The van der Waals surface area contributed by atoms with Crippen molar-refractivity contribution in [3.8, 4) is 5.75 Å². The molecule has 0 spiro atoms. The molecule has 1 N–H and O–H groups in total. The molecular formula is C18H22N2O4S. The molecule has 2 rings (SSSR count). The van der Waals surface area contributed by atoms with Crippen LogP contribution in [0.2, 0.25) is 0 Å². The van der Waals surface area contributed by atoms with Crippen molar-refractivity contribution in [1.82, 2.24) is 4.31 Å². The lowest BCUT2D eigenvalue weighted by atomic mass is 10.2. The Bertz CT molecular complexity index is 861. The average Bonchev–Trinajstić information content (AvgIpc) is 2.54. The van der Waals surface area contributed by atoms with Crippen LogP contribution >= 0.6 is 0 Å². The average molecular weight is 362 g/mol. The summed E-state index contributed by atoms with van der Waals surface area (Å²) in [6.45, 7) is 3.84. The SMILES string of the molecule is CC(C)Oc1cccc(NC(=O)c2cccc(S(=O)(=O)N(C)C)c2)c1. The number of benzene rings is 2. The van der Waals surface area contributed by atoms with Gasteiger partial charge in [0.05, 0.1) is 11.0 Å². The Labute approximate surface area is 148 Å². The Morgan fingerprint density at radius 1 is 1.08 bits per heavy atom. The molecule has 2 aromatic rings. The zero-order valence-electron chi connectivity index (χ0n) is 14.7. The third kappa shape index (κ3) is 4.80. The van der Waals surface area contributed by atoms with Crippen molar-refractivity contribution in [2.75, 3.05) is 19.4 Å². The second-order valence-electron chi connectivity index (χ2n) is 5.96. The normalized spacial score (nSPS) is 11.6. The van der Waals surface area contributed by atoms with E-state index < -0.39 is 15.9 Å². The largest absolute Gasteiger partial charge is 0.491 e. The van der Waals surface area contributed by atoms with Crippen LogP contribution < -0.4 is 10.1 Å². The highest BCUT2D eigenvalue weighted by Gasteiger charge is 2.18. The molecule has 0 aliphatic heterocycles. The van der Waals surface area contributed by atoms with E-state index in [0.29, 0.717) is 11.4 Å². The molecule has 0 saturated carbocycles. The van der Waals surface area contributed by atoms with Crippen LogP contribution in [0.5, 0.6) is 5.75 Å². The fourth-order valence-corrected chi connectivity index (χ4v) is 3.08. The molecule has 0 unspecified atom stereocenters. The fourth-order valence-electron chi connectivity index (χ4n) is 2.13. The first-order valence-corrected chi connectivity index (χ1v) is 9.25. The lowest BCUT2D eigenvalue weighted by Gasteiger charge is -2.13. The summed E-state index contributed by atoms with van der Waals surface area (Å²) in [4.78, 5) is 12.5. The second kappa shape index (κ2) is 7.67. The lowest BCUT2D eigenvalue weighted by molar-refractivity contribution is 0.102. The Balaban J connectivity index is 2.22. The molecule has 0 aliphatic carbocycles. The number of hydrogen-bond acceptors (Lipinski definition) is 4. The maximum absolute atomic E-state index is 12.4. The summed E-state index contributed by atoms with van der Waals surface area (Å²) >= 11 is 0.